The zero-order valence-electron chi connectivity index (χ0n) is 9.97. The van der Waals surface area contributed by atoms with Crippen LogP contribution in [0.3, 0.4) is 0 Å². The monoisotopic (exact) mass is 227 g/mol. The van der Waals surface area contributed by atoms with E-state index in [0.717, 1.165) is 5.76 Å². The van der Waals surface area contributed by atoms with Gasteiger partial charge in [0.05, 0.1) is 12.3 Å². The molecular formula is C15H17NO. The Kier molecular flexibility index (Phi) is 3.78. The van der Waals surface area contributed by atoms with E-state index < -0.39 is 0 Å². The fourth-order valence-electron chi connectivity index (χ4n) is 1.77. The van der Waals surface area contributed by atoms with Crippen LogP contribution >= 0.6 is 0 Å². The predicted molar refractivity (Wildman–Crippen MR) is 69.8 cm³/mol. The van der Waals surface area contributed by atoms with Crippen molar-refractivity contribution in [2.75, 3.05) is 0 Å². The largest absolute Gasteiger partial charge is 0.467 e. The average molecular weight is 227 g/mol. The molecular weight excluding hydrogens is 210 g/mol. The van der Waals surface area contributed by atoms with Gasteiger partial charge >= 0.3 is 0 Å². The van der Waals surface area contributed by atoms with Crippen molar-refractivity contribution in [1.29, 1.82) is 0 Å². The summed E-state index contributed by atoms with van der Waals surface area (Å²) < 4.78 is 5.50. The summed E-state index contributed by atoms with van der Waals surface area (Å²) in [7, 11) is 0. The number of rotatable bonds is 5. The van der Waals surface area contributed by atoms with Crippen molar-refractivity contribution >= 4 is 0 Å². The normalized spacial score (nSPS) is 14.2. The van der Waals surface area contributed by atoms with Crippen LogP contribution in [0.4, 0.5) is 0 Å². The lowest BCUT2D eigenvalue weighted by Crippen LogP contribution is -2.29. The fourth-order valence-corrected chi connectivity index (χ4v) is 1.77. The molecule has 0 fully saturated rings. The summed E-state index contributed by atoms with van der Waals surface area (Å²) in [6.07, 6.45) is 3.59. The Morgan fingerprint density at radius 1 is 1.18 bits per heavy atom. The number of nitrogens with one attached hydrogen (secondary N) is 1. The third-order valence-corrected chi connectivity index (χ3v) is 2.74. The minimum Gasteiger partial charge on any atom is -0.467 e. The molecule has 1 aromatic carbocycles. The average Bonchev–Trinajstić information content (AvgIpc) is 2.90. The second-order valence-corrected chi connectivity index (χ2v) is 4.05. The van der Waals surface area contributed by atoms with Crippen LogP contribution in [-0.4, -0.2) is 6.04 Å². The van der Waals surface area contributed by atoms with Crippen LogP contribution in [0.15, 0.2) is 65.8 Å². The summed E-state index contributed by atoms with van der Waals surface area (Å²) in [5.41, 5.74) is 1.19. The molecule has 88 valence electrons. The van der Waals surface area contributed by atoms with Crippen LogP contribution in [-0.2, 0) is 0 Å². The lowest BCUT2D eigenvalue weighted by atomic mass is 10.0. The standard InChI is InChI=1S/C15H17NO/c1-3-12(2)16-15(14-10-7-11-17-14)13-8-5-4-6-9-13/h3-12,15-16H,1H2,2H3. The van der Waals surface area contributed by atoms with Crippen molar-refractivity contribution in [2.45, 2.75) is 19.0 Å². The second-order valence-electron chi connectivity index (χ2n) is 4.05. The molecule has 17 heavy (non-hydrogen) atoms. The van der Waals surface area contributed by atoms with Crippen LogP contribution in [0.5, 0.6) is 0 Å². The quantitative estimate of drug-likeness (QED) is 0.790. The van der Waals surface area contributed by atoms with Gasteiger partial charge in [0.15, 0.2) is 0 Å². The van der Waals surface area contributed by atoms with Gasteiger partial charge in [0, 0.05) is 6.04 Å². The Labute approximate surface area is 102 Å². The van der Waals surface area contributed by atoms with Gasteiger partial charge in [-0.1, -0.05) is 36.4 Å². The molecule has 2 aromatic rings. The van der Waals surface area contributed by atoms with Crippen LogP contribution < -0.4 is 5.32 Å². The topological polar surface area (TPSA) is 25.2 Å². The first-order valence-corrected chi connectivity index (χ1v) is 5.78. The Bertz CT molecular complexity index is 447. The summed E-state index contributed by atoms with van der Waals surface area (Å²) in [6.45, 7) is 5.87. The molecule has 0 aliphatic rings. The van der Waals surface area contributed by atoms with E-state index in [0.29, 0.717) is 0 Å². The Balaban J connectivity index is 2.28. The van der Waals surface area contributed by atoms with E-state index in [2.05, 4.69) is 31.0 Å². The molecule has 2 heteroatoms. The van der Waals surface area contributed by atoms with Gasteiger partial charge in [0.2, 0.25) is 0 Å². The highest BCUT2D eigenvalue weighted by molar-refractivity contribution is 5.26. The van der Waals surface area contributed by atoms with Gasteiger partial charge in [-0.3, -0.25) is 5.32 Å². The predicted octanol–water partition coefficient (Wildman–Crippen LogP) is 3.53. The molecule has 2 unspecified atom stereocenters. The number of benzene rings is 1. The van der Waals surface area contributed by atoms with E-state index in [1.807, 2.05) is 36.4 Å². The van der Waals surface area contributed by atoms with E-state index in [1.165, 1.54) is 5.56 Å². The maximum atomic E-state index is 5.50. The van der Waals surface area contributed by atoms with Crippen molar-refractivity contribution < 1.29 is 4.42 Å². The van der Waals surface area contributed by atoms with Gasteiger partial charge < -0.3 is 4.42 Å². The van der Waals surface area contributed by atoms with Gasteiger partial charge in [0.25, 0.3) is 0 Å². The molecule has 1 aromatic heterocycles. The lowest BCUT2D eigenvalue weighted by molar-refractivity contribution is 0.435. The van der Waals surface area contributed by atoms with Gasteiger partial charge in [-0.2, -0.15) is 0 Å². The highest BCUT2D eigenvalue weighted by atomic mass is 16.3. The van der Waals surface area contributed by atoms with Crippen LogP contribution in [0.1, 0.15) is 24.3 Å². The fraction of sp³-hybridized carbons (Fsp3) is 0.200. The first-order chi connectivity index (χ1) is 8.31. The van der Waals surface area contributed by atoms with Gasteiger partial charge in [-0.05, 0) is 24.6 Å². The third-order valence-electron chi connectivity index (χ3n) is 2.74. The lowest BCUT2D eigenvalue weighted by Gasteiger charge is -2.20. The van der Waals surface area contributed by atoms with Crippen molar-refractivity contribution in [3.8, 4) is 0 Å². The van der Waals surface area contributed by atoms with Crippen molar-refractivity contribution in [3.63, 3.8) is 0 Å². The zero-order chi connectivity index (χ0) is 12.1. The highest BCUT2D eigenvalue weighted by Crippen LogP contribution is 2.22. The minimum atomic E-state index is 0.0687. The van der Waals surface area contributed by atoms with E-state index in [1.54, 1.807) is 6.26 Å². The van der Waals surface area contributed by atoms with Gasteiger partial charge in [-0.25, -0.2) is 0 Å². The van der Waals surface area contributed by atoms with Crippen LogP contribution in [0.25, 0.3) is 0 Å². The summed E-state index contributed by atoms with van der Waals surface area (Å²) in [4.78, 5) is 0. The second kappa shape index (κ2) is 5.51. The number of furan rings is 1. The summed E-state index contributed by atoms with van der Waals surface area (Å²) in [5.74, 6) is 0.921. The van der Waals surface area contributed by atoms with Crippen molar-refractivity contribution in [2.24, 2.45) is 0 Å². The van der Waals surface area contributed by atoms with E-state index in [9.17, 15) is 0 Å². The molecule has 0 aliphatic heterocycles. The van der Waals surface area contributed by atoms with Gasteiger partial charge in [0.1, 0.15) is 5.76 Å². The number of hydrogen-bond donors (Lipinski definition) is 1. The zero-order valence-corrected chi connectivity index (χ0v) is 9.97. The maximum absolute atomic E-state index is 5.50. The van der Waals surface area contributed by atoms with E-state index in [4.69, 9.17) is 4.42 Å². The van der Waals surface area contributed by atoms with Crippen LogP contribution in [0.2, 0.25) is 0 Å². The van der Waals surface area contributed by atoms with Gasteiger partial charge in [-0.15, -0.1) is 6.58 Å². The summed E-state index contributed by atoms with van der Waals surface area (Å²) >= 11 is 0. The SMILES string of the molecule is C=CC(C)NC(c1ccccc1)c1ccco1. The molecule has 0 amide bonds. The molecule has 0 bridgehead atoms. The molecule has 2 rings (SSSR count). The Morgan fingerprint density at radius 3 is 2.53 bits per heavy atom. The molecule has 1 N–H and O–H groups in total. The maximum Gasteiger partial charge on any atom is 0.125 e. The van der Waals surface area contributed by atoms with E-state index >= 15 is 0 Å². The first-order valence-electron chi connectivity index (χ1n) is 5.78. The van der Waals surface area contributed by atoms with Crippen molar-refractivity contribution in [3.05, 3.63) is 72.7 Å². The Hall–Kier alpha value is -1.80. The van der Waals surface area contributed by atoms with E-state index in [-0.39, 0.29) is 12.1 Å². The minimum absolute atomic E-state index is 0.0687. The third kappa shape index (κ3) is 2.86. The molecule has 2 atom stereocenters. The first kappa shape index (κ1) is 11.7. The molecule has 0 spiro atoms. The molecule has 0 radical (unpaired) electrons. The van der Waals surface area contributed by atoms with Crippen LogP contribution in [0, 0.1) is 0 Å². The summed E-state index contributed by atoms with van der Waals surface area (Å²) in [5, 5.41) is 3.47. The smallest absolute Gasteiger partial charge is 0.125 e. The molecule has 0 saturated carbocycles. The molecule has 0 aliphatic carbocycles. The summed E-state index contributed by atoms with van der Waals surface area (Å²) in [6, 6.07) is 14.5. The van der Waals surface area contributed by atoms with Crippen molar-refractivity contribution in [1.82, 2.24) is 5.32 Å². The molecule has 0 saturated heterocycles. The molecule has 1 heterocycles. The number of hydrogen-bond acceptors (Lipinski definition) is 2. The Morgan fingerprint density at radius 2 is 1.94 bits per heavy atom. The highest BCUT2D eigenvalue weighted by Gasteiger charge is 2.17. The molecule has 2 nitrogen and oxygen atoms in total.